The molecule has 0 fully saturated rings. The Morgan fingerprint density at radius 2 is 1.72 bits per heavy atom. The minimum absolute atomic E-state index is 0.597. The molecule has 4 heteroatoms. The van der Waals surface area contributed by atoms with E-state index in [2.05, 4.69) is 66.9 Å². The molecule has 148 valence electrons. The molecule has 0 N–H and O–H groups in total. The Labute approximate surface area is 171 Å². The number of imidazole rings is 1. The molecule has 29 heavy (non-hydrogen) atoms. The molecule has 0 amide bonds. The van der Waals surface area contributed by atoms with Crippen LogP contribution in [0.25, 0.3) is 11.0 Å². The van der Waals surface area contributed by atoms with E-state index in [0.29, 0.717) is 6.61 Å². The first-order chi connectivity index (χ1) is 14.1. The van der Waals surface area contributed by atoms with E-state index in [0.717, 1.165) is 41.3 Å². The van der Waals surface area contributed by atoms with Crippen LogP contribution in [0, 0.1) is 13.8 Å². The van der Waals surface area contributed by atoms with Crippen LogP contribution in [-0.4, -0.2) is 23.3 Å². The van der Waals surface area contributed by atoms with E-state index in [4.69, 9.17) is 14.5 Å². The van der Waals surface area contributed by atoms with Gasteiger partial charge in [0.25, 0.3) is 0 Å². The van der Waals surface area contributed by atoms with Gasteiger partial charge in [-0.15, -0.1) is 0 Å². The molecule has 1 aromatic heterocycles. The Morgan fingerprint density at radius 3 is 2.48 bits per heavy atom. The molecule has 0 aliphatic carbocycles. The number of fused-ring (bicyclic) bond motifs is 1. The van der Waals surface area contributed by atoms with Gasteiger partial charge in [-0.25, -0.2) is 4.98 Å². The number of aryl methyl sites for hydroxylation is 2. The summed E-state index contributed by atoms with van der Waals surface area (Å²) >= 11 is 0. The molecular formula is C25H26N2O2. The van der Waals surface area contributed by atoms with Gasteiger partial charge >= 0.3 is 0 Å². The normalized spacial score (nSPS) is 11.0. The third-order valence-electron chi connectivity index (χ3n) is 5.16. The second kappa shape index (κ2) is 8.39. The smallest absolute Gasteiger partial charge is 0.122 e. The molecule has 3 aromatic carbocycles. The Morgan fingerprint density at radius 1 is 0.931 bits per heavy atom. The van der Waals surface area contributed by atoms with E-state index in [1.54, 1.807) is 7.11 Å². The van der Waals surface area contributed by atoms with Crippen molar-refractivity contribution >= 4 is 11.0 Å². The van der Waals surface area contributed by atoms with Gasteiger partial charge < -0.3 is 14.0 Å². The van der Waals surface area contributed by atoms with Crippen LogP contribution >= 0.6 is 0 Å². The first-order valence-electron chi connectivity index (χ1n) is 9.91. The molecule has 0 bridgehead atoms. The van der Waals surface area contributed by atoms with Gasteiger partial charge in [0.1, 0.15) is 23.9 Å². The average molecular weight is 386 g/mol. The van der Waals surface area contributed by atoms with E-state index in [9.17, 15) is 0 Å². The van der Waals surface area contributed by atoms with Gasteiger partial charge in [-0.1, -0.05) is 42.0 Å². The molecule has 0 atom stereocenters. The summed E-state index contributed by atoms with van der Waals surface area (Å²) in [6.07, 6.45) is 0.766. The van der Waals surface area contributed by atoms with Crippen molar-refractivity contribution in [2.75, 3.05) is 13.7 Å². The van der Waals surface area contributed by atoms with Crippen molar-refractivity contribution in [3.63, 3.8) is 0 Å². The third kappa shape index (κ3) is 4.27. The Balaban J connectivity index is 1.55. The fourth-order valence-corrected chi connectivity index (χ4v) is 3.64. The second-order valence-corrected chi connectivity index (χ2v) is 7.31. The highest BCUT2D eigenvalue weighted by Crippen LogP contribution is 2.22. The maximum atomic E-state index is 6.08. The molecule has 0 spiro atoms. The number of methoxy groups -OCH3 is 1. The van der Waals surface area contributed by atoms with Gasteiger partial charge in [-0.05, 0) is 55.3 Å². The van der Waals surface area contributed by atoms with Gasteiger partial charge in [0.2, 0.25) is 0 Å². The monoisotopic (exact) mass is 386 g/mol. The molecule has 1 heterocycles. The highest BCUT2D eigenvalue weighted by atomic mass is 16.5. The molecule has 0 aliphatic rings. The van der Waals surface area contributed by atoms with Crippen LogP contribution in [-0.2, 0) is 13.0 Å². The highest BCUT2D eigenvalue weighted by Gasteiger charge is 2.12. The lowest BCUT2D eigenvalue weighted by molar-refractivity contribution is 0.296. The van der Waals surface area contributed by atoms with E-state index in [1.807, 2.05) is 18.2 Å². The standard InChI is InChI=1S/C25H26N2O2/c1-18-8-13-24(19(2)16-18)29-15-14-27-23-7-5-4-6-22(23)26-25(27)17-20-9-11-21(28-3)12-10-20/h4-13,16H,14-15,17H2,1-3H3. The minimum atomic E-state index is 0.597. The van der Waals surface area contributed by atoms with Gasteiger partial charge in [0.05, 0.1) is 24.7 Å². The van der Waals surface area contributed by atoms with Crippen LogP contribution in [0.2, 0.25) is 0 Å². The van der Waals surface area contributed by atoms with E-state index < -0.39 is 0 Å². The first kappa shape index (κ1) is 19.1. The van der Waals surface area contributed by atoms with Crippen LogP contribution in [0.5, 0.6) is 11.5 Å². The van der Waals surface area contributed by atoms with Crippen molar-refractivity contribution in [1.82, 2.24) is 9.55 Å². The number of aromatic nitrogens is 2. The molecule has 0 unspecified atom stereocenters. The van der Waals surface area contributed by atoms with Gasteiger partial charge in [0.15, 0.2) is 0 Å². The Kier molecular flexibility index (Phi) is 5.52. The summed E-state index contributed by atoms with van der Waals surface area (Å²) in [6, 6.07) is 22.7. The van der Waals surface area contributed by atoms with E-state index in [1.165, 1.54) is 16.7 Å². The number of hydrogen-bond donors (Lipinski definition) is 0. The summed E-state index contributed by atoms with van der Waals surface area (Å²) in [5, 5.41) is 0. The summed E-state index contributed by atoms with van der Waals surface area (Å²) in [5.41, 5.74) is 5.77. The number of benzene rings is 3. The van der Waals surface area contributed by atoms with Gasteiger partial charge in [-0.2, -0.15) is 0 Å². The molecule has 4 rings (SSSR count). The largest absolute Gasteiger partial charge is 0.497 e. The number of para-hydroxylation sites is 2. The number of rotatable bonds is 7. The van der Waals surface area contributed by atoms with E-state index in [-0.39, 0.29) is 0 Å². The van der Waals surface area contributed by atoms with Crippen LogP contribution in [0.15, 0.2) is 66.7 Å². The summed E-state index contributed by atoms with van der Waals surface area (Å²) in [7, 11) is 1.68. The summed E-state index contributed by atoms with van der Waals surface area (Å²) in [6.45, 7) is 5.53. The molecule has 0 saturated heterocycles. The average Bonchev–Trinajstić information content (AvgIpc) is 3.07. The predicted molar refractivity (Wildman–Crippen MR) is 117 cm³/mol. The molecule has 4 aromatic rings. The maximum absolute atomic E-state index is 6.08. The Hall–Kier alpha value is -3.27. The summed E-state index contributed by atoms with van der Waals surface area (Å²) < 4.78 is 13.6. The lowest BCUT2D eigenvalue weighted by Gasteiger charge is -2.13. The zero-order chi connectivity index (χ0) is 20.2. The van der Waals surface area contributed by atoms with Crippen molar-refractivity contribution in [3.8, 4) is 11.5 Å². The number of nitrogens with zero attached hydrogens (tertiary/aromatic N) is 2. The van der Waals surface area contributed by atoms with Crippen molar-refractivity contribution in [3.05, 3.63) is 89.2 Å². The molecule has 0 aliphatic heterocycles. The SMILES string of the molecule is COc1ccc(Cc2nc3ccccc3n2CCOc2ccc(C)cc2C)cc1. The predicted octanol–water partition coefficient (Wildman–Crippen LogP) is 5.33. The van der Waals surface area contributed by atoms with Crippen molar-refractivity contribution in [2.45, 2.75) is 26.8 Å². The van der Waals surface area contributed by atoms with E-state index >= 15 is 0 Å². The lowest BCUT2D eigenvalue weighted by Crippen LogP contribution is -2.12. The zero-order valence-electron chi connectivity index (χ0n) is 17.2. The number of ether oxygens (including phenoxy) is 2. The van der Waals surface area contributed by atoms with Crippen molar-refractivity contribution < 1.29 is 9.47 Å². The van der Waals surface area contributed by atoms with Gasteiger partial charge in [0, 0.05) is 6.42 Å². The van der Waals surface area contributed by atoms with Crippen molar-refractivity contribution in [1.29, 1.82) is 0 Å². The van der Waals surface area contributed by atoms with Crippen LogP contribution in [0.1, 0.15) is 22.5 Å². The fourth-order valence-electron chi connectivity index (χ4n) is 3.64. The maximum Gasteiger partial charge on any atom is 0.122 e. The first-order valence-corrected chi connectivity index (χ1v) is 9.91. The van der Waals surface area contributed by atoms with Crippen LogP contribution in [0.4, 0.5) is 0 Å². The molecule has 0 saturated carbocycles. The fraction of sp³-hybridized carbons (Fsp3) is 0.240. The molecular weight excluding hydrogens is 360 g/mol. The Bertz CT molecular complexity index is 1110. The van der Waals surface area contributed by atoms with Crippen LogP contribution < -0.4 is 9.47 Å². The minimum Gasteiger partial charge on any atom is -0.497 e. The third-order valence-corrected chi connectivity index (χ3v) is 5.16. The second-order valence-electron chi connectivity index (χ2n) is 7.31. The lowest BCUT2D eigenvalue weighted by atomic mass is 10.1. The van der Waals surface area contributed by atoms with Crippen molar-refractivity contribution in [2.24, 2.45) is 0 Å². The number of hydrogen-bond acceptors (Lipinski definition) is 3. The quantitative estimate of drug-likeness (QED) is 0.431. The van der Waals surface area contributed by atoms with Crippen LogP contribution in [0.3, 0.4) is 0 Å². The topological polar surface area (TPSA) is 36.3 Å². The highest BCUT2D eigenvalue weighted by molar-refractivity contribution is 5.76. The summed E-state index contributed by atoms with van der Waals surface area (Å²) in [5.74, 6) is 2.85. The summed E-state index contributed by atoms with van der Waals surface area (Å²) in [4.78, 5) is 4.88. The molecule has 0 radical (unpaired) electrons. The zero-order valence-corrected chi connectivity index (χ0v) is 17.2. The molecule has 4 nitrogen and oxygen atoms in total. The van der Waals surface area contributed by atoms with Gasteiger partial charge in [-0.3, -0.25) is 0 Å².